The second kappa shape index (κ2) is 8.87. The van der Waals surface area contributed by atoms with Gasteiger partial charge in [-0.3, -0.25) is 19.2 Å². The van der Waals surface area contributed by atoms with E-state index in [4.69, 9.17) is 25.8 Å². The van der Waals surface area contributed by atoms with E-state index in [0.717, 1.165) is 18.4 Å². The third kappa shape index (κ3) is 4.35. The van der Waals surface area contributed by atoms with Crippen molar-refractivity contribution in [3.05, 3.63) is 11.1 Å². The maximum atomic E-state index is 13.3. The number of carbonyl (C=O) groups excluding carboxylic acids is 4. The minimum atomic E-state index is -2.47. The first-order valence-corrected chi connectivity index (χ1v) is 9.93. The number of nitrogen functional groups attached to an aromatic ring is 1. The molecule has 2 aliphatic heterocycles. The van der Waals surface area contributed by atoms with Gasteiger partial charge in [0, 0.05) is 11.8 Å². The van der Waals surface area contributed by atoms with E-state index in [0.29, 0.717) is 5.06 Å². The van der Waals surface area contributed by atoms with Gasteiger partial charge >= 0.3 is 23.8 Å². The number of oxime groups is 1. The van der Waals surface area contributed by atoms with Crippen molar-refractivity contribution in [2.24, 2.45) is 10.9 Å². The van der Waals surface area contributed by atoms with Crippen LogP contribution in [0.25, 0.3) is 0 Å². The van der Waals surface area contributed by atoms with Crippen LogP contribution in [0.1, 0.15) is 18.5 Å². The zero-order valence-electron chi connectivity index (χ0n) is 16.9. The molecule has 2 fully saturated rings. The summed E-state index contributed by atoms with van der Waals surface area (Å²) in [6, 6.07) is 0. The number of hydroxylamine groups is 2. The van der Waals surface area contributed by atoms with E-state index < -0.39 is 66.5 Å². The molecule has 2 saturated heterocycles. The summed E-state index contributed by atoms with van der Waals surface area (Å²) in [5.74, 6) is -4.76. The molecule has 3 rings (SSSR count). The van der Waals surface area contributed by atoms with E-state index >= 15 is 0 Å². The summed E-state index contributed by atoms with van der Waals surface area (Å²) in [6.07, 6.45) is -2.00. The number of hydrogen-bond acceptors (Lipinski definition) is 13. The highest BCUT2D eigenvalue weighted by atomic mass is 32.1. The number of thiazole rings is 1. The Hall–Kier alpha value is -3.99. The Morgan fingerprint density at radius 2 is 2.15 bits per heavy atom. The number of aromatic nitrogens is 1. The molecule has 0 aliphatic carbocycles. The van der Waals surface area contributed by atoms with Gasteiger partial charge in [0.1, 0.15) is 26.0 Å². The number of carbonyl (C=O) groups is 5. The Morgan fingerprint density at radius 1 is 1.42 bits per heavy atom. The van der Waals surface area contributed by atoms with Crippen molar-refractivity contribution in [2.75, 3.05) is 26.1 Å². The van der Waals surface area contributed by atoms with Gasteiger partial charge in [-0.05, 0) is 0 Å². The number of nitrogens with zero attached hydrogens (tertiary/aromatic N) is 3. The summed E-state index contributed by atoms with van der Waals surface area (Å²) in [4.78, 5) is 74.8. The van der Waals surface area contributed by atoms with Crippen LogP contribution in [0.5, 0.6) is 0 Å². The van der Waals surface area contributed by atoms with Crippen LogP contribution in [0.2, 0.25) is 0 Å². The topological polar surface area (TPSA) is 235 Å². The number of aliphatic carboxylic acids is 1. The predicted molar refractivity (Wildman–Crippen MR) is 105 cm³/mol. The zero-order valence-corrected chi connectivity index (χ0v) is 17.7. The molecule has 2 unspecified atom stereocenters. The average molecular weight is 486 g/mol. The van der Waals surface area contributed by atoms with Gasteiger partial charge in [0.05, 0.1) is 6.42 Å². The van der Waals surface area contributed by atoms with Crippen LogP contribution in [-0.4, -0.2) is 82.3 Å². The van der Waals surface area contributed by atoms with Crippen LogP contribution in [0, 0.1) is 0 Å². The van der Waals surface area contributed by atoms with Crippen LogP contribution < -0.4 is 16.8 Å². The van der Waals surface area contributed by atoms with Crippen LogP contribution in [0.15, 0.2) is 10.5 Å². The SMILES string of the molecule is CO/N=C(\C(=O)NC1(COC(N)=O)CON(C2(C(=O)O)CCC(=O)O2)C1=O)c1csc(N)n1. The maximum Gasteiger partial charge on any atom is 0.404 e. The standard InChI is InChI=1S/C16H18N6O10S/c1-29-21-9(7-4-33-13(17)19-7)10(24)20-15(5-30-14(18)28)6-31-22(11(15)25)16(12(26)27)3-2-8(23)32-16/h4H,2-3,5-6H2,1H3,(H2,17,19)(H2,18,28)(H,20,24)(H,26,27)/b21-9-. The number of carboxylic acids is 1. The number of nitrogens with two attached hydrogens (primary N) is 2. The number of hydrogen-bond donors (Lipinski definition) is 4. The number of primary amides is 1. The summed E-state index contributed by atoms with van der Waals surface area (Å²) < 4.78 is 9.59. The van der Waals surface area contributed by atoms with Gasteiger partial charge in [-0.1, -0.05) is 5.16 Å². The maximum absolute atomic E-state index is 13.3. The number of ether oxygens (including phenoxy) is 2. The predicted octanol–water partition coefficient (Wildman–Crippen LogP) is -2.08. The van der Waals surface area contributed by atoms with E-state index in [2.05, 4.69) is 20.3 Å². The molecule has 1 aromatic heterocycles. The zero-order chi connectivity index (χ0) is 24.4. The van der Waals surface area contributed by atoms with E-state index in [1.807, 2.05) is 0 Å². The first-order chi connectivity index (χ1) is 15.5. The third-order valence-corrected chi connectivity index (χ3v) is 5.30. The van der Waals surface area contributed by atoms with Crippen molar-refractivity contribution in [1.29, 1.82) is 0 Å². The van der Waals surface area contributed by atoms with Gasteiger partial charge in [-0.25, -0.2) is 14.6 Å². The summed E-state index contributed by atoms with van der Waals surface area (Å²) in [6.45, 7) is -1.54. The molecular weight excluding hydrogens is 468 g/mol. The second-order valence-electron chi connectivity index (χ2n) is 6.77. The minimum absolute atomic E-state index is 0.0118. The summed E-state index contributed by atoms with van der Waals surface area (Å²) in [5, 5.41) is 17.4. The number of amides is 3. The first-order valence-electron chi connectivity index (χ1n) is 9.05. The van der Waals surface area contributed by atoms with Crippen molar-refractivity contribution in [3.8, 4) is 0 Å². The molecule has 2 aliphatic rings. The lowest BCUT2D eigenvalue weighted by molar-refractivity contribution is -0.256. The Bertz CT molecular complexity index is 1040. The molecular formula is C16H18N6O10S. The molecule has 178 valence electrons. The van der Waals surface area contributed by atoms with Gasteiger partial charge < -0.3 is 36.2 Å². The van der Waals surface area contributed by atoms with Crippen molar-refractivity contribution >= 4 is 52.0 Å². The lowest BCUT2D eigenvalue weighted by atomic mass is 9.99. The number of esters is 1. The molecule has 2 atom stereocenters. The number of nitrogens with one attached hydrogen (secondary N) is 1. The number of rotatable bonds is 8. The lowest BCUT2D eigenvalue weighted by Crippen LogP contribution is -2.64. The smallest absolute Gasteiger partial charge is 0.404 e. The molecule has 16 nitrogen and oxygen atoms in total. The van der Waals surface area contributed by atoms with Crippen LogP contribution >= 0.6 is 11.3 Å². The summed E-state index contributed by atoms with van der Waals surface area (Å²) >= 11 is 1.00. The third-order valence-electron chi connectivity index (χ3n) is 4.62. The van der Waals surface area contributed by atoms with Gasteiger partial charge in [-0.2, -0.15) is 5.06 Å². The molecule has 1 aromatic rings. The number of anilines is 1. The average Bonchev–Trinajstić information content (AvgIpc) is 3.43. The van der Waals surface area contributed by atoms with Crippen molar-refractivity contribution in [2.45, 2.75) is 24.1 Å². The molecule has 0 saturated carbocycles. The quantitative estimate of drug-likeness (QED) is 0.176. The van der Waals surface area contributed by atoms with Crippen LogP contribution in [-0.2, 0) is 38.3 Å². The Balaban J connectivity index is 1.95. The largest absolute Gasteiger partial charge is 0.477 e. The monoisotopic (exact) mass is 486 g/mol. The molecule has 33 heavy (non-hydrogen) atoms. The van der Waals surface area contributed by atoms with E-state index in [1.54, 1.807) is 0 Å². The van der Waals surface area contributed by atoms with Gasteiger partial charge in [0.2, 0.25) is 0 Å². The van der Waals surface area contributed by atoms with Crippen molar-refractivity contribution in [3.63, 3.8) is 0 Å². The van der Waals surface area contributed by atoms with E-state index in [1.165, 1.54) is 5.38 Å². The Kier molecular flexibility index (Phi) is 6.36. The second-order valence-corrected chi connectivity index (χ2v) is 7.66. The first kappa shape index (κ1) is 23.7. The molecule has 0 spiro atoms. The van der Waals surface area contributed by atoms with Crippen LogP contribution in [0.4, 0.5) is 9.93 Å². The Labute approximate surface area is 188 Å². The lowest BCUT2D eigenvalue weighted by Gasteiger charge is -2.32. The number of carboxylic acid groups (broad SMARTS) is 1. The van der Waals surface area contributed by atoms with Gasteiger partial charge in [-0.15, -0.1) is 11.3 Å². The van der Waals surface area contributed by atoms with E-state index in [-0.39, 0.29) is 17.2 Å². The fourth-order valence-corrected chi connectivity index (χ4v) is 3.64. The molecule has 0 bridgehead atoms. The molecule has 3 heterocycles. The summed E-state index contributed by atoms with van der Waals surface area (Å²) in [7, 11) is 1.16. The molecule has 0 aromatic carbocycles. The van der Waals surface area contributed by atoms with Gasteiger partial charge in [0.15, 0.2) is 16.4 Å². The van der Waals surface area contributed by atoms with Crippen LogP contribution in [0.3, 0.4) is 0 Å². The normalized spacial score (nSPS) is 25.0. The molecule has 6 N–H and O–H groups in total. The highest BCUT2D eigenvalue weighted by molar-refractivity contribution is 7.13. The fraction of sp³-hybridized carbons (Fsp3) is 0.438. The highest BCUT2D eigenvalue weighted by Gasteiger charge is 2.64. The highest BCUT2D eigenvalue weighted by Crippen LogP contribution is 2.36. The van der Waals surface area contributed by atoms with Crippen molar-refractivity contribution < 1.29 is 48.2 Å². The summed E-state index contributed by atoms with van der Waals surface area (Å²) in [5.41, 5.74) is 5.56. The fourth-order valence-electron chi connectivity index (χ4n) is 3.09. The number of cyclic esters (lactones) is 1. The molecule has 17 heteroatoms. The van der Waals surface area contributed by atoms with E-state index in [9.17, 15) is 29.1 Å². The minimum Gasteiger partial charge on any atom is -0.477 e. The molecule has 3 amide bonds. The van der Waals surface area contributed by atoms with Crippen molar-refractivity contribution in [1.82, 2.24) is 15.4 Å². The Morgan fingerprint density at radius 3 is 2.67 bits per heavy atom. The molecule has 0 radical (unpaired) electrons. The van der Waals surface area contributed by atoms with Gasteiger partial charge in [0.25, 0.3) is 11.8 Å².